The van der Waals surface area contributed by atoms with Crippen LogP contribution >= 0.6 is 0 Å². The van der Waals surface area contributed by atoms with Gasteiger partial charge in [-0.2, -0.15) is 5.10 Å². The van der Waals surface area contributed by atoms with Gasteiger partial charge in [0.25, 0.3) is 5.56 Å². The van der Waals surface area contributed by atoms with Gasteiger partial charge in [-0.3, -0.25) is 14.5 Å². The molecule has 1 aromatic carbocycles. The Balaban J connectivity index is 1.33. The number of halogens is 1. The molecule has 1 aromatic heterocycles. The average molecular weight is 384 g/mol. The van der Waals surface area contributed by atoms with Gasteiger partial charge >= 0.3 is 0 Å². The van der Waals surface area contributed by atoms with Crippen molar-refractivity contribution < 1.29 is 9.18 Å². The van der Waals surface area contributed by atoms with Crippen LogP contribution in [0.3, 0.4) is 0 Å². The Morgan fingerprint density at radius 2 is 1.71 bits per heavy atom. The SMILES string of the molecule is Cc1ccc(=O)n(CCN2CCN(C(=O)C3(c4ccc(F)cc4)CC3)CC2)n1. The summed E-state index contributed by atoms with van der Waals surface area (Å²) in [5.41, 5.74) is 1.21. The fourth-order valence-corrected chi connectivity index (χ4v) is 3.94. The Bertz CT molecular complexity index is 913. The smallest absolute Gasteiger partial charge is 0.266 e. The molecule has 0 atom stereocenters. The maximum atomic E-state index is 13.2. The van der Waals surface area contributed by atoms with Crippen LogP contribution in [0.25, 0.3) is 0 Å². The van der Waals surface area contributed by atoms with Gasteiger partial charge in [-0.1, -0.05) is 12.1 Å². The molecule has 2 fully saturated rings. The number of carbonyl (C=O) groups excluding carboxylic acids is 1. The molecule has 4 rings (SSSR count). The summed E-state index contributed by atoms with van der Waals surface area (Å²) in [5.74, 6) is -0.113. The highest BCUT2D eigenvalue weighted by Crippen LogP contribution is 2.49. The van der Waals surface area contributed by atoms with Crippen molar-refractivity contribution in [1.82, 2.24) is 19.6 Å². The highest BCUT2D eigenvalue weighted by atomic mass is 19.1. The second-order valence-corrected chi connectivity index (χ2v) is 7.76. The third-order valence-electron chi connectivity index (χ3n) is 5.84. The van der Waals surface area contributed by atoms with E-state index in [2.05, 4.69) is 10.00 Å². The molecule has 0 N–H and O–H groups in total. The van der Waals surface area contributed by atoms with Crippen molar-refractivity contribution in [1.29, 1.82) is 0 Å². The van der Waals surface area contributed by atoms with Crippen molar-refractivity contribution in [2.75, 3.05) is 32.7 Å². The van der Waals surface area contributed by atoms with E-state index >= 15 is 0 Å². The van der Waals surface area contributed by atoms with Gasteiger partial charge in [0.1, 0.15) is 5.82 Å². The van der Waals surface area contributed by atoms with Crippen molar-refractivity contribution in [2.24, 2.45) is 0 Å². The maximum absolute atomic E-state index is 13.2. The van der Waals surface area contributed by atoms with Gasteiger partial charge in [-0.05, 0) is 43.5 Å². The molecule has 6 nitrogen and oxygen atoms in total. The van der Waals surface area contributed by atoms with E-state index in [1.807, 2.05) is 11.8 Å². The van der Waals surface area contributed by atoms with Crippen LogP contribution in [-0.2, 0) is 16.8 Å². The van der Waals surface area contributed by atoms with Crippen LogP contribution in [-0.4, -0.2) is 58.2 Å². The number of rotatable bonds is 5. The lowest BCUT2D eigenvalue weighted by molar-refractivity contribution is -0.135. The minimum absolute atomic E-state index is 0.0885. The maximum Gasteiger partial charge on any atom is 0.266 e. The first-order valence-electron chi connectivity index (χ1n) is 9.80. The monoisotopic (exact) mass is 384 g/mol. The lowest BCUT2D eigenvalue weighted by Gasteiger charge is -2.36. The summed E-state index contributed by atoms with van der Waals surface area (Å²) in [6, 6.07) is 9.61. The molecule has 1 saturated carbocycles. The van der Waals surface area contributed by atoms with Gasteiger partial charge in [-0.25, -0.2) is 9.07 Å². The van der Waals surface area contributed by atoms with Crippen LogP contribution in [0.2, 0.25) is 0 Å². The Morgan fingerprint density at radius 3 is 2.36 bits per heavy atom. The molecule has 148 valence electrons. The molecule has 0 spiro atoms. The standard InChI is InChI=1S/C21H25FN4O2/c1-16-2-7-19(27)26(23-16)15-12-24-10-13-25(14-11-24)20(28)21(8-9-21)17-3-5-18(22)6-4-17/h2-7H,8-15H2,1H3. The summed E-state index contributed by atoms with van der Waals surface area (Å²) in [5, 5.41) is 4.27. The Labute approximate surface area is 163 Å². The molecule has 1 aliphatic heterocycles. The minimum Gasteiger partial charge on any atom is -0.339 e. The molecule has 2 aromatic rings. The first-order chi connectivity index (χ1) is 13.5. The number of benzene rings is 1. The van der Waals surface area contributed by atoms with E-state index in [-0.39, 0.29) is 17.3 Å². The Kier molecular flexibility index (Phi) is 5.02. The molecule has 1 saturated heterocycles. The van der Waals surface area contributed by atoms with E-state index in [1.54, 1.807) is 24.3 Å². The number of carbonyl (C=O) groups is 1. The summed E-state index contributed by atoms with van der Waals surface area (Å²) < 4.78 is 14.7. The van der Waals surface area contributed by atoms with Gasteiger partial charge in [0.2, 0.25) is 5.91 Å². The zero-order chi connectivity index (χ0) is 19.7. The molecule has 28 heavy (non-hydrogen) atoms. The van der Waals surface area contributed by atoms with E-state index < -0.39 is 5.41 Å². The molecule has 2 aliphatic rings. The lowest BCUT2D eigenvalue weighted by atomic mass is 9.94. The number of amides is 1. The predicted molar refractivity (Wildman–Crippen MR) is 104 cm³/mol. The highest BCUT2D eigenvalue weighted by Gasteiger charge is 2.53. The van der Waals surface area contributed by atoms with Crippen LogP contribution in [0.5, 0.6) is 0 Å². The number of nitrogens with zero attached hydrogens (tertiary/aromatic N) is 4. The minimum atomic E-state index is -0.450. The molecule has 7 heteroatoms. The van der Waals surface area contributed by atoms with E-state index in [0.717, 1.165) is 43.7 Å². The number of aromatic nitrogens is 2. The molecule has 0 unspecified atom stereocenters. The molecule has 1 aliphatic carbocycles. The second kappa shape index (κ2) is 7.47. The average Bonchev–Trinajstić information content (AvgIpc) is 3.51. The van der Waals surface area contributed by atoms with E-state index in [1.165, 1.54) is 16.8 Å². The molecular weight excluding hydrogens is 359 g/mol. The largest absolute Gasteiger partial charge is 0.339 e. The molecule has 1 amide bonds. The van der Waals surface area contributed by atoms with Gasteiger partial charge in [0.15, 0.2) is 0 Å². The quantitative estimate of drug-likeness (QED) is 0.785. The summed E-state index contributed by atoms with van der Waals surface area (Å²) in [7, 11) is 0. The van der Waals surface area contributed by atoms with Crippen LogP contribution in [0, 0.1) is 12.7 Å². The van der Waals surface area contributed by atoms with Crippen molar-refractivity contribution in [3.05, 3.63) is 63.8 Å². The van der Waals surface area contributed by atoms with E-state index in [4.69, 9.17) is 0 Å². The zero-order valence-corrected chi connectivity index (χ0v) is 16.1. The number of piperazine rings is 1. The van der Waals surface area contributed by atoms with Crippen molar-refractivity contribution in [2.45, 2.75) is 31.7 Å². The van der Waals surface area contributed by atoms with E-state index in [0.29, 0.717) is 19.6 Å². The highest BCUT2D eigenvalue weighted by molar-refractivity contribution is 5.91. The van der Waals surface area contributed by atoms with Gasteiger partial charge in [-0.15, -0.1) is 0 Å². The molecule has 0 radical (unpaired) electrons. The first-order valence-corrected chi connectivity index (χ1v) is 9.80. The molecular formula is C21H25FN4O2. The second-order valence-electron chi connectivity index (χ2n) is 7.76. The Hall–Kier alpha value is -2.54. The number of hydrogen-bond donors (Lipinski definition) is 0. The Morgan fingerprint density at radius 1 is 1.04 bits per heavy atom. The summed E-state index contributed by atoms with van der Waals surface area (Å²) in [6.07, 6.45) is 1.67. The van der Waals surface area contributed by atoms with Gasteiger partial charge in [0, 0.05) is 38.8 Å². The summed E-state index contributed by atoms with van der Waals surface area (Å²) >= 11 is 0. The fourth-order valence-electron chi connectivity index (χ4n) is 3.94. The summed E-state index contributed by atoms with van der Waals surface area (Å²) in [4.78, 5) is 29.2. The topological polar surface area (TPSA) is 58.4 Å². The zero-order valence-electron chi connectivity index (χ0n) is 16.1. The van der Waals surface area contributed by atoms with Crippen LogP contribution in [0.15, 0.2) is 41.2 Å². The van der Waals surface area contributed by atoms with Crippen molar-refractivity contribution in [3.8, 4) is 0 Å². The number of aryl methyl sites for hydroxylation is 1. The third kappa shape index (κ3) is 3.71. The van der Waals surface area contributed by atoms with Crippen molar-refractivity contribution >= 4 is 5.91 Å². The van der Waals surface area contributed by atoms with Crippen molar-refractivity contribution in [3.63, 3.8) is 0 Å². The van der Waals surface area contributed by atoms with E-state index in [9.17, 15) is 14.0 Å². The normalized spacial score (nSPS) is 18.9. The summed E-state index contributed by atoms with van der Waals surface area (Å²) in [6.45, 7) is 6.08. The van der Waals surface area contributed by atoms with Crippen LogP contribution < -0.4 is 5.56 Å². The third-order valence-corrected chi connectivity index (χ3v) is 5.84. The van der Waals surface area contributed by atoms with Crippen LogP contribution in [0.4, 0.5) is 4.39 Å². The fraction of sp³-hybridized carbons (Fsp3) is 0.476. The molecule has 0 bridgehead atoms. The first kappa shape index (κ1) is 18.8. The van der Waals surface area contributed by atoms with Gasteiger partial charge in [0.05, 0.1) is 17.7 Å². The number of hydrogen-bond acceptors (Lipinski definition) is 4. The molecule has 2 heterocycles. The van der Waals surface area contributed by atoms with Crippen LogP contribution in [0.1, 0.15) is 24.1 Å². The predicted octanol–water partition coefficient (Wildman–Crippen LogP) is 1.57. The lowest BCUT2D eigenvalue weighted by Crippen LogP contribution is -2.52. The van der Waals surface area contributed by atoms with Gasteiger partial charge < -0.3 is 4.90 Å².